The van der Waals surface area contributed by atoms with Crippen LogP contribution in [0.1, 0.15) is 26.5 Å². The number of hydrogen-bond donors (Lipinski definition) is 1. The van der Waals surface area contributed by atoms with Gasteiger partial charge in [0.25, 0.3) is 11.8 Å². The van der Waals surface area contributed by atoms with Crippen molar-refractivity contribution in [1.29, 1.82) is 0 Å². The molecule has 0 aromatic carbocycles. The van der Waals surface area contributed by atoms with Crippen LogP contribution in [-0.2, 0) is 22.4 Å². The molecule has 8 nitrogen and oxygen atoms in total. The Labute approximate surface area is 181 Å². The Balaban J connectivity index is 1.69. The average Bonchev–Trinajstić information content (AvgIpc) is 3.33. The van der Waals surface area contributed by atoms with Crippen LogP contribution in [-0.4, -0.2) is 41.9 Å². The van der Waals surface area contributed by atoms with E-state index < -0.39 is 5.91 Å². The van der Waals surface area contributed by atoms with Gasteiger partial charge in [0, 0.05) is 20.4 Å². The third-order valence-electron chi connectivity index (χ3n) is 4.92. The number of thiophene rings is 1. The summed E-state index contributed by atoms with van der Waals surface area (Å²) >= 11 is 2.64. The highest BCUT2D eigenvalue weighted by Gasteiger charge is 2.30. The molecule has 0 atom stereocenters. The van der Waals surface area contributed by atoms with Crippen LogP contribution in [0.4, 0.5) is 5.82 Å². The van der Waals surface area contributed by atoms with Crippen LogP contribution in [0.3, 0.4) is 0 Å². The smallest absolute Gasteiger partial charge is 0.259 e. The molecule has 0 spiro atoms. The van der Waals surface area contributed by atoms with Crippen molar-refractivity contribution < 1.29 is 19.1 Å². The number of nitrogens with two attached hydrogens (primary N) is 1. The quantitative estimate of drug-likeness (QED) is 0.626. The fraction of sp³-hybridized carbons (Fsp3) is 0.300. The zero-order valence-electron chi connectivity index (χ0n) is 16.7. The number of fused-ring (bicyclic) bond motifs is 3. The number of nitrogens with zero attached hydrogens (tertiary/aromatic N) is 3. The van der Waals surface area contributed by atoms with Crippen LogP contribution in [0.2, 0.25) is 0 Å². The van der Waals surface area contributed by atoms with Gasteiger partial charge in [0.1, 0.15) is 18.2 Å². The zero-order chi connectivity index (χ0) is 21.4. The molecule has 0 radical (unpaired) electrons. The van der Waals surface area contributed by atoms with Crippen molar-refractivity contribution in [2.24, 2.45) is 5.73 Å². The first-order chi connectivity index (χ1) is 14.4. The van der Waals surface area contributed by atoms with Crippen molar-refractivity contribution in [3.05, 3.63) is 40.0 Å². The summed E-state index contributed by atoms with van der Waals surface area (Å²) in [6.07, 6.45) is 3.41. The molecule has 4 rings (SSSR count). The standard InChI is InChI=1S/C20H20N4O4S2/c1-10-13(6-7-14(23-10)24(2)15(25)9-27-3)28-20-16-12(18(29-20)19(21)26)5-4-11-8-22-30-17(11)16/h6-8H,4-5,9H2,1-3H3,(H2,21,26). The van der Waals surface area contributed by atoms with E-state index in [1.165, 1.54) is 34.9 Å². The van der Waals surface area contributed by atoms with Gasteiger partial charge in [-0.1, -0.05) is 11.3 Å². The van der Waals surface area contributed by atoms with Crippen molar-refractivity contribution in [1.82, 2.24) is 9.36 Å². The first kappa shape index (κ1) is 20.5. The monoisotopic (exact) mass is 444 g/mol. The molecule has 3 aromatic heterocycles. The summed E-state index contributed by atoms with van der Waals surface area (Å²) in [5.74, 6) is 0.387. The predicted molar refractivity (Wildman–Crippen MR) is 116 cm³/mol. The van der Waals surface area contributed by atoms with Crippen LogP contribution in [0, 0.1) is 6.92 Å². The predicted octanol–water partition coefficient (Wildman–Crippen LogP) is 3.17. The molecule has 0 bridgehead atoms. The Hall–Kier alpha value is -2.82. The molecular weight excluding hydrogens is 424 g/mol. The molecule has 1 aliphatic carbocycles. The molecule has 156 valence electrons. The number of likely N-dealkylation sites (N-methyl/N-ethyl adjacent to an activating group) is 1. The van der Waals surface area contributed by atoms with Crippen LogP contribution >= 0.6 is 22.9 Å². The molecule has 3 heterocycles. The number of aromatic nitrogens is 2. The molecule has 2 N–H and O–H groups in total. The summed E-state index contributed by atoms with van der Waals surface area (Å²) in [5.41, 5.74) is 9.20. The van der Waals surface area contributed by atoms with E-state index in [0.29, 0.717) is 27.2 Å². The summed E-state index contributed by atoms with van der Waals surface area (Å²) < 4.78 is 15.4. The molecule has 0 unspecified atom stereocenters. The van der Waals surface area contributed by atoms with E-state index in [-0.39, 0.29) is 12.5 Å². The summed E-state index contributed by atoms with van der Waals surface area (Å²) in [6.45, 7) is 1.78. The highest BCUT2D eigenvalue weighted by Crippen LogP contribution is 2.50. The molecule has 0 saturated heterocycles. The van der Waals surface area contributed by atoms with Crippen molar-refractivity contribution in [2.45, 2.75) is 19.8 Å². The molecular formula is C20H20N4O4S2. The minimum atomic E-state index is -0.456. The highest BCUT2D eigenvalue weighted by atomic mass is 32.1. The van der Waals surface area contributed by atoms with Crippen molar-refractivity contribution in [3.8, 4) is 21.3 Å². The molecule has 0 aliphatic heterocycles. The van der Waals surface area contributed by atoms with Crippen molar-refractivity contribution >= 4 is 40.5 Å². The third kappa shape index (κ3) is 3.57. The van der Waals surface area contributed by atoms with E-state index in [0.717, 1.165) is 34.4 Å². The number of carbonyl (C=O) groups excluding carboxylic acids is 2. The van der Waals surface area contributed by atoms with Crippen LogP contribution in [0.5, 0.6) is 10.8 Å². The average molecular weight is 445 g/mol. The van der Waals surface area contributed by atoms with Crippen LogP contribution in [0.15, 0.2) is 18.3 Å². The number of amides is 2. The van der Waals surface area contributed by atoms with Crippen LogP contribution in [0.25, 0.3) is 10.4 Å². The molecule has 30 heavy (non-hydrogen) atoms. The topological polar surface area (TPSA) is 108 Å². The summed E-state index contributed by atoms with van der Waals surface area (Å²) in [5, 5.41) is 0.602. The lowest BCUT2D eigenvalue weighted by atomic mass is 9.93. The first-order valence-electron chi connectivity index (χ1n) is 9.21. The number of aryl methyl sites for hydroxylation is 2. The minimum absolute atomic E-state index is 0.0239. The van der Waals surface area contributed by atoms with E-state index in [4.69, 9.17) is 15.2 Å². The molecule has 0 fully saturated rings. The molecule has 2 amide bonds. The van der Waals surface area contributed by atoms with Crippen molar-refractivity contribution in [2.75, 3.05) is 25.7 Å². The van der Waals surface area contributed by atoms with Gasteiger partial charge >= 0.3 is 0 Å². The summed E-state index contributed by atoms with van der Waals surface area (Å²) in [6, 6.07) is 3.48. The number of primary amides is 1. The SMILES string of the molecule is COCC(=O)N(C)c1ccc(Oc2sc(C(N)=O)c3c2-c2sncc2CC3)c(C)n1. The van der Waals surface area contributed by atoms with Gasteiger partial charge in [-0.05, 0) is 54.6 Å². The second-order valence-electron chi connectivity index (χ2n) is 6.86. The second-order valence-corrected chi connectivity index (χ2v) is 8.64. The van der Waals surface area contributed by atoms with E-state index >= 15 is 0 Å². The highest BCUT2D eigenvalue weighted by molar-refractivity contribution is 7.17. The van der Waals surface area contributed by atoms with Gasteiger partial charge in [0.05, 0.1) is 21.0 Å². The van der Waals surface area contributed by atoms with Gasteiger partial charge in [-0.25, -0.2) is 9.36 Å². The minimum Gasteiger partial charge on any atom is -0.444 e. The summed E-state index contributed by atoms with van der Waals surface area (Å²) in [7, 11) is 3.11. The van der Waals surface area contributed by atoms with Crippen LogP contribution < -0.4 is 15.4 Å². The fourth-order valence-electron chi connectivity index (χ4n) is 3.36. The fourth-order valence-corrected chi connectivity index (χ4v) is 5.36. The Morgan fingerprint density at radius 2 is 2.10 bits per heavy atom. The lowest BCUT2D eigenvalue weighted by Gasteiger charge is -2.18. The number of carbonyl (C=O) groups is 2. The summed E-state index contributed by atoms with van der Waals surface area (Å²) in [4.78, 5) is 31.5. The molecule has 1 aliphatic rings. The zero-order valence-corrected chi connectivity index (χ0v) is 18.4. The van der Waals surface area contributed by atoms with E-state index in [2.05, 4.69) is 9.36 Å². The van der Waals surface area contributed by atoms with Gasteiger partial charge in [-0.3, -0.25) is 14.5 Å². The van der Waals surface area contributed by atoms with Gasteiger partial charge < -0.3 is 15.2 Å². The van der Waals surface area contributed by atoms with E-state index in [9.17, 15) is 9.59 Å². The third-order valence-corrected chi connectivity index (χ3v) is 6.91. The number of anilines is 1. The van der Waals surface area contributed by atoms with E-state index in [1.54, 1.807) is 26.1 Å². The second kappa shape index (κ2) is 8.13. The maximum Gasteiger partial charge on any atom is 0.259 e. The maximum atomic E-state index is 12.0. The molecule has 10 heteroatoms. The number of rotatable bonds is 6. The van der Waals surface area contributed by atoms with Gasteiger partial charge in [0.15, 0.2) is 5.06 Å². The Kier molecular flexibility index (Phi) is 5.54. The Morgan fingerprint density at radius 3 is 2.80 bits per heavy atom. The normalized spacial score (nSPS) is 12.2. The molecule has 0 saturated carbocycles. The number of pyridine rings is 1. The lowest BCUT2D eigenvalue weighted by Crippen LogP contribution is -2.30. The first-order valence-corrected chi connectivity index (χ1v) is 10.8. The largest absolute Gasteiger partial charge is 0.444 e. The number of hydrogen-bond acceptors (Lipinski definition) is 8. The Bertz CT molecular complexity index is 1140. The Morgan fingerprint density at radius 1 is 1.30 bits per heavy atom. The lowest BCUT2D eigenvalue weighted by molar-refractivity contribution is -0.121. The van der Waals surface area contributed by atoms with Gasteiger partial charge in [-0.2, -0.15) is 0 Å². The van der Waals surface area contributed by atoms with E-state index in [1.807, 2.05) is 6.20 Å². The number of methoxy groups -OCH3 is 1. The van der Waals surface area contributed by atoms with Gasteiger partial charge in [-0.15, -0.1) is 0 Å². The van der Waals surface area contributed by atoms with Gasteiger partial charge in [0.2, 0.25) is 0 Å². The van der Waals surface area contributed by atoms with Crippen molar-refractivity contribution in [3.63, 3.8) is 0 Å². The number of ether oxygens (including phenoxy) is 2. The maximum absolute atomic E-state index is 12.0. The molecule has 3 aromatic rings.